The molecule has 1 fully saturated rings. The third kappa shape index (κ3) is 4.09. The van der Waals surface area contributed by atoms with Crippen molar-refractivity contribution in [2.75, 3.05) is 33.7 Å². The number of nitrogens with two attached hydrogens (primary N) is 1. The standard InChI is InChI=1S/C12H27N3/c1-10(11(2)13)8-14(3)9-12-6-5-7-15(12)4/h10-12H,5-9,13H2,1-4H3. The van der Waals surface area contributed by atoms with Crippen molar-refractivity contribution in [3.63, 3.8) is 0 Å². The van der Waals surface area contributed by atoms with Gasteiger partial charge in [-0.25, -0.2) is 0 Å². The number of likely N-dealkylation sites (tertiary alicyclic amines) is 1. The summed E-state index contributed by atoms with van der Waals surface area (Å²) in [4.78, 5) is 4.91. The summed E-state index contributed by atoms with van der Waals surface area (Å²) in [6, 6.07) is 1.06. The van der Waals surface area contributed by atoms with Crippen molar-refractivity contribution in [1.82, 2.24) is 9.80 Å². The SMILES string of the molecule is CC(N)C(C)CN(C)CC1CCCN1C. The molecule has 0 amide bonds. The van der Waals surface area contributed by atoms with Crippen LogP contribution in [0.25, 0.3) is 0 Å². The highest BCUT2D eigenvalue weighted by Crippen LogP contribution is 2.16. The number of hydrogen-bond donors (Lipinski definition) is 1. The zero-order chi connectivity index (χ0) is 11.4. The van der Waals surface area contributed by atoms with Crippen molar-refractivity contribution in [3.8, 4) is 0 Å². The first kappa shape index (κ1) is 12.9. The highest BCUT2D eigenvalue weighted by Gasteiger charge is 2.22. The van der Waals surface area contributed by atoms with Gasteiger partial charge in [-0.3, -0.25) is 0 Å². The molecule has 0 radical (unpaired) electrons. The van der Waals surface area contributed by atoms with Gasteiger partial charge in [0.25, 0.3) is 0 Å². The Kier molecular flexibility index (Phi) is 5.03. The van der Waals surface area contributed by atoms with Crippen molar-refractivity contribution in [2.24, 2.45) is 11.7 Å². The van der Waals surface area contributed by atoms with Crippen LogP contribution in [0, 0.1) is 5.92 Å². The summed E-state index contributed by atoms with van der Waals surface area (Å²) in [5, 5.41) is 0. The first-order valence-electron chi connectivity index (χ1n) is 6.15. The van der Waals surface area contributed by atoms with Gasteiger partial charge in [-0.2, -0.15) is 0 Å². The van der Waals surface area contributed by atoms with Crippen molar-refractivity contribution in [2.45, 2.75) is 38.8 Å². The highest BCUT2D eigenvalue weighted by molar-refractivity contribution is 4.79. The number of hydrogen-bond acceptors (Lipinski definition) is 3. The second kappa shape index (κ2) is 5.83. The molecule has 0 bridgehead atoms. The third-order valence-electron chi connectivity index (χ3n) is 3.69. The largest absolute Gasteiger partial charge is 0.328 e. The van der Waals surface area contributed by atoms with Gasteiger partial charge in [0, 0.05) is 25.2 Å². The predicted molar refractivity (Wildman–Crippen MR) is 66.0 cm³/mol. The molecule has 1 aliphatic heterocycles. The summed E-state index contributed by atoms with van der Waals surface area (Å²) < 4.78 is 0. The van der Waals surface area contributed by atoms with Gasteiger partial charge in [0.05, 0.1) is 0 Å². The van der Waals surface area contributed by atoms with Crippen LogP contribution in [0.4, 0.5) is 0 Å². The van der Waals surface area contributed by atoms with Gasteiger partial charge in [-0.15, -0.1) is 0 Å². The van der Waals surface area contributed by atoms with Crippen LogP contribution in [0.3, 0.4) is 0 Å². The molecule has 3 unspecified atom stereocenters. The van der Waals surface area contributed by atoms with Gasteiger partial charge in [-0.05, 0) is 46.3 Å². The first-order valence-corrected chi connectivity index (χ1v) is 6.15. The molecule has 0 aromatic rings. The number of likely N-dealkylation sites (N-methyl/N-ethyl adjacent to an activating group) is 2. The minimum Gasteiger partial charge on any atom is -0.328 e. The van der Waals surface area contributed by atoms with E-state index in [2.05, 4.69) is 37.7 Å². The number of nitrogens with zero attached hydrogens (tertiary/aromatic N) is 2. The molecule has 2 N–H and O–H groups in total. The van der Waals surface area contributed by atoms with Crippen LogP contribution in [0.2, 0.25) is 0 Å². The van der Waals surface area contributed by atoms with E-state index in [9.17, 15) is 0 Å². The molecular weight excluding hydrogens is 186 g/mol. The molecule has 3 heteroatoms. The lowest BCUT2D eigenvalue weighted by molar-refractivity contribution is 0.197. The summed E-state index contributed by atoms with van der Waals surface area (Å²) in [7, 11) is 4.45. The summed E-state index contributed by atoms with van der Waals surface area (Å²) in [5.74, 6) is 0.585. The molecule has 1 heterocycles. The second-order valence-electron chi connectivity index (χ2n) is 5.33. The minimum absolute atomic E-state index is 0.300. The normalized spacial score (nSPS) is 27.2. The Morgan fingerprint density at radius 3 is 2.60 bits per heavy atom. The maximum atomic E-state index is 5.88. The van der Waals surface area contributed by atoms with E-state index in [1.54, 1.807) is 0 Å². The van der Waals surface area contributed by atoms with E-state index in [1.165, 1.54) is 25.9 Å². The topological polar surface area (TPSA) is 32.5 Å². The fourth-order valence-corrected chi connectivity index (χ4v) is 2.30. The quantitative estimate of drug-likeness (QED) is 0.739. The molecule has 0 aromatic carbocycles. The maximum Gasteiger partial charge on any atom is 0.0220 e. The van der Waals surface area contributed by atoms with Gasteiger partial charge in [0.2, 0.25) is 0 Å². The highest BCUT2D eigenvalue weighted by atomic mass is 15.2. The van der Waals surface area contributed by atoms with E-state index in [0.29, 0.717) is 12.0 Å². The third-order valence-corrected chi connectivity index (χ3v) is 3.69. The maximum absolute atomic E-state index is 5.88. The van der Waals surface area contributed by atoms with E-state index < -0.39 is 0 Å². The van der Waals surface area contributed by atoms with Crippen LogP contribution in [0.1, 0.15) is 26.7 Å². The van der Waals surface area contributed by atoms with Crippen molar-refractivity contribution in [1.29, 1.82) is 0 Å². The molecule has 3 nitrogen and oxygen atoms in total. The van der Waals surface area contributed by atoms with Crippen molar-refractivity contribution >= 4 is 0 Å². The van der Waals surface area contributed by atoms with Gasteiger partial charge in [0.15, 0.2) is 0 Å². The fraction of sp³-hybridized carbons (Fsp3) is 1.00. The molecule has 3 atom stereocenters. The Bertz CT molecular complexity index is 182. The molecule has 1 rings (SSSR count). The minimum atomic E-state index is 0.300. The van der Waals surface area contributed by atoms with Crippen LogP contribution in [0.5, 0.6) is 0 Å². The monoisotopic (exact) mass is 213 g/mol. The summed E-state index contributed by atoms with van der Waals surface area (Å²) in [6.07, 6.45) is 2.71. The molecule has 0 saturated carbocycles. The molecule has 90 valence electrons. The lowest BCUT2D eigenvalue weighted by Crippen LogP contribution is -2.41. The Morgan fingerprint density at radius 2 is 2.13 bits per heavy atom. The van der Waals surface area contributed by atoms with E-state index in [1.807, 2.05) is 0 Å². The van der Waals surface area contributed by atoms with Gasteiger partial charge in [-0.1, -0.05) is 6.92 Å². The average Bonchev–Trinajstić information content (AvgIpc) is 2.51. The average molecular weight is 213 g/mol. The van der Waals surface area contributed by atoms with E-state index in [0.717, 1.165) is 12.6 Å². The Morgan fingerprint density at radius 1 is 1.47 bits per heavy atom. The van der Waals surface area contributed by atoms with Crippen molar-refractivity contribution < 1.29 is 0 Å². The lowest BCUT2D eigenvalue weighted by Gasteiger charge is -2.28. The summed E-state index contributed by atoms with van der Waals surface area (Å²) >= 11 is 0. The van der Waals surface area contributed by atoms with E-state index >= 15 is 0 Å². The Hall–Kier alpha value is -0.120. The first-order chi connectivity index (χ1) is 7.00. The fourth-order valence-electron chi connectivity index (χ4n) is 2.30. The summed E-state index contributed by atoms with van der Waals surface area (Å²) in [5.41, 5.74) is 5.88. The van der Waals surface area contributed by atoms with Gasteiger partial charge >= 0.3 is 0 Å². The Labute approximate surface area is 94.6 Å². The molecule has 0 aromatic heterocycles. The summed E-state index contributed by atoms with van der Waals surface area (Å²) in [6.45, 7) is 7.90. The molecule has 0 aliphatic carbocycles. The van der Waals surface area contributed by atoms with Crippen LogP contribution in [-0.2, 0) is 0 Å². The van der Waals surface area contributed by atoms with Gasteiger partial charge < -0.3 is 15.5 Å². The zero-order valence-corrected chi connectivity index (χ0v) is 10.7. The molecule has 15 heavy (non-hydrogen) atoms. The van der Waals surface area contributed by atoms with E-state index in [-0.39, 0.29) is 0 Å². The number of rotatable bonds is 5. The molecule has 1 aliphatic rings. The lowest BCUT2D eigenvalue weighted by atomic mass is 10.0. The second-order valence-corrected chi connectivity index (χ2v) is 5.33. The van der Waals surface area contributed by atoms with Crippen molar-refractivity contribution in [3.05, 3.63) is 0 Å². The van der Waals surface area contributed by atoms with Crippen LogP contribution < -0.4 is 5.73 Å². The van der Waals surface area contributed by atoms with Crippen LogP contribution >= 0.6 is 0 Å². The predicted octanol–water partition coefficient (Wildman–Crippen LogP) is 0.996. The van der Waals surface area contributed by atoms with E-state index in [4.69, 9.17) is 5.73 Å². The van der Waals surface area contributed by atoms with Gasteiger partial charge in [0.1, 0.15) is 0 Å². The van der Waals surface area contributed by atoms with Crippen LogP contribution in [0.15, 0.2) is 0 Å². The Balaban J connectivity index is 2.26. The molecule has 1 saturated heterocycles. The smallest absolute Gasteiger partial charge is 0.0220 e. The zero-order valence-electron chi connectivity index (χ0n) is 10.7. The molecular formula is C12H27N3. The van der Waals surface area contributed by atoms with Crippen LogP contribution in [-0.4, -0.2) is 55.6 Å². The molecule has 0 spiro atoms.